The zero-order valence-corrected chi connectivity index (χ0v) is 11.5. The summed E-state index contributed by atoms with van der Waals surface area (Å²) in [5.41, 5.74) is 6.83. The van der Waals surface area contributed by atoms with E-state index >= 15 is 0 Å². The lowest BCUT2D eigenvalue weighted by molar-refractivity contribution is 0.337. The molecule has 18 heavy (non-hydrogen) atoms. The monoisotopic (exact) mass is 249 g/mol. The van der Waals surface area contributed by atoms with Crippen LogP contribution in [0.3, 0.4) is 0 Å². The molecular formula is C13H23N5. The van der Waals surface area contributed by atoms with Crippen LogP contribution in [0.2, 0.25) is 0 Å². The van der Waals surface area contributed by atoms with E-state index in [1.54, 1.807) is 0 Å². The van der Waals surface area contributed by atoms with E-state index in [1.807, 2.05) is 13.8 Å². The molecule has 1 heterocycles. The highest BCUT2D eigenvalue weighted by atomic mass is 15.2. The number of nitrogens with zero attached hydrogens (tertiary/aromatic N) is 3. The summed E-state index contributed by atoms with van der Waals surface area (Å²) in [6, 6.07) is 0.801. The van der Waals surface area contributed by atoms with Gasteiger partial charge in [0.25, 0.3) is 0 Å². The molecule has 1 saturated carbocycles. The highest BCUT2D eigenvalue weighted by Gasteiger charge is 2.25. The molecule has 1 aliphatic carbocycles. The lowest BCUT2D eigenvalue weighted by atomic mass is 10.3. The third kappa shape index (κ3) is 3.10. The summed E-state index contributed by atoms with van der Waals surface area (Å²) in [6.45, 7) is 5.93. The number of aromatic nitrogens is 2. The fourth-order valence-electron chi connectivity index (χ4n) is 1.96. The molecule has 3 N–H and O–H groups in total. The SMILES string of the molecule is CCc1nc(N)c(C)c(NCCN(C)C2CC2)n1. The van der Waals surface area contributed by atoms with Crippen molar-refractivity contribution in [3.63, 3.8) is 0 Å². The molecular weight excluding hydrogens is 226 g/mol. The Balaban J connectivity index is 1.93. The van der Waals surface area contributed by atoms with E-state index in [0.717, 1.165) is 42.8 Å². The second-order valence-corrected chi connectivity index (χ2v) is 4.99. The summed E-state index contributed by atoms with van der Waals surface area (Å²) in [5.74, 6) is 2.26. The van der Waals surface area contributed by atoms with Gasteiger partial charge < -0.3 is 16.0 Å². The Morgan fingerprint density at radius 1 is 1.39 bits per heavy atom. The smallest absolute Gasteiger partial charge is 0.134 e. The minimum Gasteiger partial charge on any atom is -0.383 e. The van der Waals surface area contributed by atoms with Crippen LogP contribution in [0.1, 0.15) is 31.2 Å². The van der Waals surface area contributed by atoms with Gasteiger partial charge in [-0.1, -0.05) is 6.92 Å². The van der Waals surface area contributed by atoms with Crippen molar-refractivity contribution in [3.05, 3.63) is 11.4 Å². The van der Waals surface area contributed by atoms with Crippen molar-refractivity contribution in [1.29, 1.82) is 0 Å². The van der Waals surface area contributed by atoms with Gasteiger partial charge in [-0.3, -0.25) is 0 Å². The maximum absolute atomic E-state index is 5.89. The molecule has 0 spiro atoms. The normalized spacial score (nSPS) is 15.1. The lowest BCUT2D eigenvalue weighted by Gasteiger charge is -2.17. The number of hydrogen-bond donors (Lipinski definition) is 2. The van der Waals surface area contributed by atoms with Crippen LogP contribution in [0.5, 0.6) is 0 Å². The lowest BCUT2D eigenvalue weighted by Crippen LogP contribution is -2.27. The van der Waals surface area contributed by atoms with Crippen LogP contribution in [-0.4, -0.2) is 41.0 Å². The van der Waals surface area contributed by atoms with Gasteiger partial charge in [-0.05, 0) is 26.8 Å². The third-order valence-corrected chi connectivity index (χ3v) is 3.47. The van der Waals surface area contributed by atoms with Crippen molar-refractivity contribution >= 4 is 11.6 Å². The van der Waals surface area contributed by atoms with Gasteiger partial charge in [0.15, 0.2) is 0 Å². The average molecular weight is 249 g/mol. The molecule has 0 saturated heterocycles. The Hall–Kier alpha value is -1.36. The Morgan fingerprint density at radius 3 is 2.72 bits per heavy atom. The Morgan fingerprint density at radius 2 is 2.11 bits per heavy atom. The topological polar surface area (TPSA) is 67.1 Å². The first-order valence-electron chi connectivity index (χ1n) is 6.69. The highest BCUT2D eigenvalue weighted by Crippen LogP contribution is 2.25. The van der Waals surface area contributed by atoms with Gasteiger partial charge in [-0.15, -0.1) is 0 Å². The molecule has 0 amide bonds. The Bertz CT molecular complexity index is 414. The molecule has 0 radical (unpaired) electrons. The molecule has 1 fully saturated rings. The summed E-state index contributed by atoms with van der Waals surface area (Å²) < 4.78 is 0. The molecule has 0 bridgehead atoms. The summed E-state index contributed by atoms with van der Waals surface area (Å²) in [5, 5.41) is 3.37. The van der Waals surface area contributed by atoms with E-state index in [1.165, 1.54) is 12.8 Å². The molecule has 0 unspecified atom stereocenters. The van der Waals surface area contributed by atoms with Gasteiger partial charge in [0, 0.05) is 31.1 Å². The van der Waals surface area contributed by atoms with Crippen LogP contribution in [-0.2, 0) is 6.42 Å². The minimum absolute atomic E-state index is 0.583. The van der Waals surface area contributed by atoms with Gasteiger partial charge >= 0.3 is 0 Å². The van der Waals surface area contributed by atoms with E-state index in [-0.39, 0.29) is 0 Å². The molecule has 100 valence electrons. The second kappa shape index (κ2) is 5.52. The summed E-state index contributed by atoms with van der Waals surface area (Å²) in [4.78, 5) is 11.1. The van der Waals surface area contributed by atoms with Gasteiger partial charge in [-0.2, -0.15) is 0 Å². The molecule has 5 heteroatoms. The van der Waals surface area contributed by atoms with E-state index in [4.69, 9.17) is 5.73 Å². The van der Waals surface area contributed by atoms with Gasteiger partial charge in [-0.25, -0.2) is 9.97 Å². The number of rotatable bonds is 6. The standard InChI is InChI=1S/C13H23N5/c1-4-11-16-12(14)9(2)13(17-11)15-7-8-18(3)10-5-6-10/h10H,4-8H2,1-3H3,(H3,14,15,16,17). The quantitative estimate of drug-likeness (QED) is 0.798. The fourth-order valence-corrected chi connectivity index (χ4v) is 1.96. The minimum atomic E-state index is 0.583. The van der Waals surface area contributed by atoms with Gasteiger partial charge in [0.1, 0.15) is 17.5 Å². The van der Waals surface area contributed by atoms with Gasteiger partial charge in [0.2, 0.25) is 0 Å². The van der Waals surface area contributed by atoms with Crippen LogP contribution in [0.25, 0.3) is 0 Å². The zero-order valence-electron chi connectivity index (χ0n) is 11.5. The summed E-state index contributed by atoms with van der Waals surface area (Å²) >= 11 is 0. The number of nitrogen functional groups attached to an aromatic ring is 1. The molecule has 0 aromatic carbocycles. The maximum atomic E-state index is 5.89. The van der Waals surface area contributed by atoms with E-state index in [0.29, 0.717) is 5.82 Å². The number of hydrogen-bond acceptors (Lipinski definition) is 5. The number of aryl methyl sites for hydroxylation is 1. The average Bonchev–Trinajstić information content (AvgIpc) is 3.18. The van der Waals surface area contributed by atoms with Crippen LogP contribution >= 0.6 is 0 Å². The van der Waals surface area contributed by atoms with Crippen LogP contribution in [0, 0.1) is 6.92 Å². The largest absolute Gasteiger partial charge is 0.383 e. The first kappa shape index (κ1) is 13.1. The fraction of sp³-hybridized carbons (Fsp3) is 0.692. The molecule has 2 rings (SSSR count). The number of likely N-dealkylation sites (N-methyl/N-ethyl adjacent to an activating group) is 1. The Kier molecular flexibility index (Phi) is 4.01. The van der Waals surface area contributed by atoms with Gasteiger partial charge in [0.05, 0.1) is 0 Å². The number of anilines is 2. The van der Waals surface area contributed by atoms with Crippen LogP contribution < -0.4 is 11.1 Å². The predicted octanol–water partition coefficient (Wildman–Crippen LogP) is 1.44. The summed E-state index contributed by atoms with van der Waals surface area (Å²) in [6.07, 6.45) is 3.49. The van der Waals surface area contributed by atoms with E-state index in [9.17, 15) is 0 Å². The van der Waals surface area contributed by atoms with Crippen molar-refractivity contribution < 1.29 is 0 Å². The van der Waals surface area contributed by atoms with E-state index < -0.39 is 0 Å². The summed E-state index contributed by atoms with van der Waals surface area (Å²) in [7, 11) is 2.18. The Labute approximate surface area is 109 Å². The van der Waals surface area contributed by atoms with E-state index in [2.05, 4.69) is 27.2 Å². The van der Waals surface area contributed by atoms with Crippen molar-refractivity contribution in [1.82, 2.24) is 14.9 Å². The highest BCUT2D eigenvalue weighted by molar-refractivity contribution is 5.54. The maximum Gasteiger partial charge on any atom is 0.134 e. The zero-order chi connectivity index (χ0) is 13.1. The van der Waals surface area contributed by atoms with Crippen LogP contribution in [0.4, 0.5) is 11.6 Å². The molecule has 0 aliphatic heterocycles. The van der Waals surface area contributed by atoms with Crippen molar-refractivity contribution in [2.24, 2.45) is 0 Å². The molecule has 5 nitrogen and oxygen atoms in total. The van der Waals surface area contributed by atoms with Crippen molar-refractivity contribution in [2.45, 2.75) is 39.2 Å². The molecule has 0 atom stereocenters. The first-order valence-corrected chi connectivity index (χ1v) is 6.69. The van der Waals surface area contributed by atoms with Crippen molar-refractivity contribution in [2.75, 3.05) is 31.2 Å². The second-order valence-electron chi connectivity index (χ2n) is 4.99. The van der Waals surface area contributed by atoms with Crippen molar-refractivity contribution in [3.8, 4) is 0 Å². The molecule has 1 aromatic heterocycles. The molecule has 1 aliphatic rings. The third-order valence-electron chi connectivity index (χ3n) is 3.47. The predicted molar refractivity (Wildman–Crippen MR) is 74.7 cm³/mol. The number of nitrogens with one attached hydrogen (secondary N) is 1. The first-order chi connectivity index (χ1) is 8.61. The number of nitrogens with two attached hydrogens (primary N) is 1. The molecule has 1 aromatic rings. The van der Waals surface area contributed by atoms with Crippen LogP contribution in [0.15, 0.2) is 0 Å².